The Kier molecular flexibility index (Phi) is 4.84. The normalized spacial score (nSPS) is 28.9. The summed E-state index contributed by atoms with van der Waals surface area (Å²) < 4.78 is 31.3. The number of aromatic nitrogens is 2. The molecule has 24 heavy (non-hydrogen) atoms. The molecule has 2 aliphatic rings. The fraction of sp³-hybridized carbons (Fsp3) is 0.667. The predicted molar refractivity (Wildman–Crippen MR) is 86.9 cm³/mol. The third kappa shape index (κ3) is 3.42. The van der Waals surface area contributed by atoms with Crippen molar-refractivity contribution < 1.29 is 17.9 Å². The Hall–Kier alpha value is -1.58. The van der Waals surface area contributed by atoms with Gasteiger partial charge in [0, 0.05) is 18.7 Å². The summed E-state index contributed by atoms with van der Waals surface area (Å²) >= 11 is 0. The number of nitrogens with one attached hydrogen (secondary N) is 2. The molecule has 1 saturated heterocycles. The van der Waals surface area contributed by atoms with Crippen LogP contribution in [0.3, 0.4) is 0 Å². The highest BCUT2D eigenvalue weighted by Crippen LogP contribution is 2.39. The lowest BCUT2D eigenvalue weighted by atomic mass is 9.72. The minimum Gasteiger partial charge on any atom is -0.376 e. The topological polar surface area (TPSA) is 110 Å². The number of hydrogen-bond donors (Lipinski definition) is 2. The van der Waals surface area contributed by atoms with Crippen molar-refractivity contribution in [1.29, 1.82) is 0 Å². The minimum atomic E-state index is -3.38. The third-order valence-corrected chi connectivity index (χ3v) is 5.26. The van der Waals surface area contributed by atoms with Crippen LogP contribution in [-0.2, 0) is 21.2 Å². The summed E-state index contributed by atoms with van der Waals surface area (Å²) in [4.78, 5) is 20.7. The van der Waals surface area contributed by atoms with Gasteiger partial charge in [-0.15, -0.1) is 0 Å². The van der Waals surface area contributed by atoms with Gasteiger partial charge in [-0.05, 0) is 12.8 Å². The van der Waals surface area contributed by atoms with Gasteiger partial charge in [0.2, 0.25) is 10.0 Å². The molecule has 1 aliphatic carbocycles. The lowest BCUT2D eigenvalue weighted by molar-refractivity contribution is -0.0194. The molecular weight excluding hydrogens is 332 g/mol. The largest absolute Gasteiger partial charge is 0.376 e. The van der Waals surface area contributed by atoms with E-state index in [1.165, 1.54) is 12.5 Å². The quantitative estimate of drug-likeness (QED) is 0.736. The maximum absolute atomic E-state index is 12.6. The zero-order valence-corrected chi connectivity index (χ0v) is 14.5. The van der Waals surface area contributed by atoms with Crippen molar-refractivity contribution >= 4 is 15.9 Å². The van der Waals surface area contributed by atoms with Gasteiger partial charge in [-0.2, -0.15) is 0 Å². The molecule has 3 rings (SSSR count). The van der Waals surface area contributed by atoms with Gasteiger partial charge in [0.05, 0.1) is 35.7 Å². The first-order valence-electron chi connectivity index (χ1n) is 8.09. The average molecular weight is 354 g/mol. The van der Waals surface area contributed by atoms with E-state index in [-0.39, 0.29) is 24.0 Å². The SMILES string of the molecule is CCCc1ncncc1C(=O)N[C@H]1[C@H]2CCO[C@H]2[C@@H]1NS(C)(=O)=O. The standard InChI is InChI=1S/C15H22N4O4S/c1-3-4-11-10(7-16-8-17-11)15(20)18-12-9-5-6-23-14(9)13(12)19-24(2,21)22/h7-9,12-14,19H,3-6H2,1-2H3,(H,18,20)/t9-,12+,13-,14-/m1/s1. The first kappa shape index (κ1) is 17.2. The molecule has 2 N–H and O–H groups in total. The first-order valence-corrected chi connectivity index (χ1v) is 9.98. The Labute approximate surface area is 141 Å². The molecule has 0 spiro atoms. The molecule has 9 heteroatoms. The molecule has 0 bridgehead atoms. The third-order valence-electron chi connectivity index (χ3n) is 4.56. The fourth-order valence-electron chi connectivity index (χ4n) is 3.50. The van der Waals surface area contributed by atoms with E-state index in [0.717, 1.165) is 19.1 Å². The minimum absolute atomic E-state index is 0.132. The molecule has 0 aromatic carbocycles. The summed E-state index contributed by atoms with van der Waals surface area (Å²) in [5.41, 5.74) is 1.15. The monoisotopic (exact) mass is 354 g/mol. The van der Waals surface area contributed by atoms with Crippen LogP contribution < -0.4 is 10.0 Å². The van der Waals surface area contributed by atoms with Crippen LogP contribution in [0.15, 0.2) is 12.5 Å². The summed E-state index contributed by atoms with van der Waals surface area (Å²) in [5.74, 6) is -0.137. The predicted octanol–water partition coefficient (Wildman–Crippen LogP) is -0.136. The smallest absolute Gasteiger partial charge is 0.254 e. The second-order valence-corrected chi connectivity index (χ2v) is 8.12. The molecule has 1 aromatic rings. The molecular formula is C15H22N4O4S. The van der Waals surface area contributed by atoms with Crippen LogP contribution in [0.4, 0.5) is 0 Å². The molecule has 0 radical (unpaired) electrons. The van der Waals surface area contributed by atoms with E-state index in [9.17, 15) is 13.2 Å². The second kappa shape index (κ2) is 6.73. The number of fused-ring (bicyclic) bond motifs is 1. The molecule has 132 valence electrons. The van der Waals surface area contributed by atoms with Crippen LogP contribution in [-0.4, -0.2) is 55.3 Å². The van der Waals surface area contributed by atoms with Crippen LogP contribution in [0.2, 0.25) is 0 Å². The van der Waals surface area contributed by atoms with E-state index >= 15 is 0 Å². The number of hydrogen-bond acceptors (Lipinski definition) is 6. The molecule has 8 nitrogen and oxygen atoms in total. The number of amides is 1. The number of sulfonamides is 1. The lowest BCUT2D eigenvalue weighted by Gasteiger charge is -2.47. The highest BCUT2D eigenvalue weighted by molar-refractivity contribution is 7.88. The fourth-order valence-corrected chi connectivity index (χ4v) is 4.28. The van der Waals surface area contributed by atoms with E-state index in [0.29, 0.717) is 24.3 Å². The molecule has 1 aromatic heterocycles. The van der Waals surface area contributed by atoms with Crippen molar-refractivity contribution in [1.82, 2.24) is 20.0 Å². The molecule has 1 saturated carbocycles. The molecule has 1 aliphatic heterocycles. The van der Waals surface area contributed by atoms with Gasteiger partial charge in [-0.1, -0.05) is 13.3 Å². The maximum atomic E-state index is 12.6. The summed E-state index contributed by atoms with van der Waals surface area (Å²) in [7, 11) is -3.38. The van der Waals surface area contributed by atoms with Gasteiger partial charge in [0.1, 0.15) is 6.33 Å². The van der Waals surface area contributed by atoms with Gasteiger partial charge in [0.25, 0.3) is 5.91 Å². The van der Waals surface area contributed by atoms with Crippen LogP contribution in [0, 0.1) is 5.92 Å². The van der Waals surface area contributed by atoms with E-state index in [1.807, 2.05) is 6.92 Å². The highest BCUT2D eigenvalue weighted by atomic mass is 32.2. The van der Waals surface area contributed by atoms with Crippen LogP contribution >= 0.6 is 0 Å². The van der Waals surface area contributed by atoms with E-state index < -0.39 is 16.1 Å². The number of aryl methyl sites for hydroxylation is 1. The summed E-state index contributed by atoms with van der Waals surface area (Å²) in [6.07, 6.45) is 6.25. The number of nitrogens with zero attached hydrogens (tertiary/aromatic N) is 2. The van der Waals surface area contributed by atoms with Gasteiger partial charge < -0.3 is 10.1 Å². The number of carbonyl (C=O) groups is 1. The maximum Gasteiger partial charge on any atom is 0.254 e. The van der Waals surface area contributed by atoms with Crippen LogP contribution in [0.5, 0.6) is 0 Å². The summed E-state index contributed by atoms with van der Waals surface area (Å²) in [6, 6.07) is -0.717. The summed E-state index contributed by atoms with van der Waals surface area (Å²) in [5, 5.41) is 2.95. The average Bonchev–Trinajstić information content (AvgIpc) is 2.95. The van der Waals surface area contributed by atoms with Gasteiger partial charge in [-0.25, -0.2) is 23.1 Å². The molecule has 2 fully saturated rings. The molecule has 4 atom stereocenters. The van der Waals surface area contributed by atoms with Crippen molar-refractivity contribution in [3.05, 3.63) is 23.8 Å². The zero-order chi connectivity index (χ0) is 17.3. The van der Waals surface area contributed by atoms with E-state index in [1.54, 1.807) is 0 Å². The summed E-state index contributed by atoms with van der Waals surface area (Å²) in [6.45, 7) is 2.60. The lowest BCUT2D eigenvalue weighted by Crippen LogP contribution is -2.70. The molecule has 2 heterocycles. The Morgan fingerprint density at radius 1 is 1.42 bits per heavy atom. The van der Waals surface area contributed by atoms with Gasteiger partial charge in [0.15, 0.2) is 0 Å². The van der Waals surface area contributed by atoms with Crippen molar-refractivity contribution in [3.63, 3.8) is 0 Å². The van der Waals surface area contributed by atoms with Crippen molar-refractivity contribution in [3.8, 4) is 0 Å². The van der Waals surface area contributed by atoms with Gasteiger partial charge in [-0.3, -0.25) is 4.79 Å². The molecule has 0 unspecified atom stereocenters. The zero-order valence-electron chi connectivity index (χ0n) is 13.7. The Bertz CT molecular complexity index is 724. The number of ether oxygens (including phenoxy) is 1. The van der Waals surface area contributed by atoms with Gasteiger partial charge >= 0.3 is 0 Å². The van der Waals surface area contributed by atoms with E-state index in [4.69, 9.17) is 4.74 Å². The Morgan fingerprint density at radius 3 is 2.92 bits per heavy atom. The number of rotatable bonds is 6. The van der Waals surface area contributed by atoms with Crippen molar-refractivity contribution in [2.45, 2.75) is 44.4 Å². The molecule has 1 amide bonds. The highest BCUT2D eigenvalue weighted by Gasteiger charge is 2.55. The van der Waals surface area contributed by atoms with Crippen LogP contribution in [0.1, 0.15) is 35.8 Å². The van der Waals surface area contributed by atoms with Crippen molar-refractivity contribution in [2.24, 2.45) is 5.92 Å². The van der Waals surface area contributed by atoms with Crippen molar-refractivity contribution in [2.75, 3.05) is 12.9 Å². The Balaban J connectivity index is 1.75. The van der Waals surface area contributed by atoms with Crippen LogP contribution in [0.25, 0.3) is 0 Å². The second-order valence-electron chi connectivity index (χ2n) is 6.34. The Morgan fingerprint density at radius 2 is 2.21 bits per heavy atom. The number of carbonyl (C=O) groups excluding carboxylic acids is 1. The first-order chi connectivity index (χ1) is 11.4. The van der Waals surface area contributed by atoms with E-state index in [2.05, 4.69) is 20.0 Å².